The molecule has 0 spiro atoms. The third kappa shape index (κ3) is 11.6. The Morgan fingerprint density at radius 3 is 2.06 bits per heavy atom. The Balaban J connectivity index is 0.712. The molecule has 17 rings (SSSR count). The predicted octanol–water partition coefficient (Wildman–Crippen LogP) is 23.6. The van der Waals surface area contributed by atoms with Crippen LogP contribution in [0, 0.1) is 36.4 Å². The summed E-state index contributed by atoms with van der Waals surface area (Å²) in [5.74, 6) is 3.54. The first-order chi connectivity index (χ1) is 49.3. The van der Waals surface area contributed by atoms with Crippen molar-refractivity contribution in [3.05, 3.63) is 314 Å². The summed E-state index contributed by atoms with van der Waals surface area (Å²) in [4.78, 5) is 6.46. The standard InChI is InChI=1S/C91H87F5N2O2S/c1-4-57-14-36-71(37-15-57)99-73-40-22-61(23-41-73)90(59-18-26-63(92)27-19-59)81-12-8-6-10-75(81)77-44-30-68(53-83(77)90)97(65-32-46-85(94)56(3)50-65)66-34-48-88-79(51-66)80-52-67(35-49-89(80)101-88)98(70-33-47-86(95)87(96)55-70)69-31-45-78-76-11-7-9-13-82(76)91(84(78)54-69,60-20-28-64(93)29-21-60)62-24-42-74(43-25-62)100-72-38-16-58(5-2)17-39-72/h4-17,22,24-25,28,30-33,35-40,42-46,49-50,52,59-60,63,66,68-69,77,80,83,86-87,89H,1-2,18-21,23,26-27,29,34,41,47-48,51,53-55H2,3H3. The molecule has 0 saturated heterocycles. The fourth-order valence-corrected chi connectivity index (χ4v) is 21.9. The van der Waals surface area contributed by atoms with Gasteiger partial charge in [-0.25, -0.2) is 22.0 Å². The summed E-state index contributed by atoms with van der Waals surface area (Å²) in [5, 5.41) is 0.163. The van der Waals surface area contributed by atoms with Crippen LogP contribution in [0.2, 0.25) is 0 Å². The Morgan fingerprint density at radius 1 is 0.614 bits per heavy atom. The highest BCUT2D eigenvalue weighted by molar-refractivity contribution is 8.04. The number of anilines is 1. The van der Waals surface area contributed by atoms with Gasteiger partial charge < -0.3 is 19.3 Å². The van der Waals surface area contributed by atoms with E-state index < -0.39 is 23.9 Å². The molecule has 101 heavy (non-hydrogen) atoms. The van der Waals surface area contributed by atoms with E-state index in [9.17, 15) is 0 Å². The molecule has 1 saturated carbocycles. The van der Waals surface area contributed by atoms with Gasteiger partial charge in [0.2, 0.25) is 0 Å². The van der Waals surface area contributed by atoms with E-state index in [0.717, 1.165) is 102 Å². The van der Waals surface area contributed by atoms with Gasteiger partial charge in [-0.3, -0.25) is 0 Å². The number of fused-ring (bicyclic) bond motifs is 7. The lowest BCUT2D eigenvalue weighted by Gasteiger charge is -2.52. The number of benzene rings is 6. The van der Waals surface area contributed by atoms with Gasteiger partial charge in [0.25, 0.3) is 0 Å². The summed E-state index contributed by atoms with van der Waals surface area (Å²) >= 11 is 1.98. The van der Waals surface area contributed by atoms with Gasteiger partial charge in [0.15, 0.2) is 0 Å². The molecule has 4 nitrogen and oxygen atoms in total. The lowest BCUT2D eigenvalue weighted by Crippen LogP contribution is -2.51. The largest absolute Gasteiger partial charge is 0.462 e. The maximum absolute atomic E-state index is 16.3. The number of alkyl halides is 3. The zero-order valence-electron chi connectivity index (χ0n) is 57.4. The summed E-state index contributed by atoms with van der Waals surface area (Å²) < 4.78 is 91.5. The monoisotopic (exact) mass is 1370 g/mol. The van der Waals surface area contributed by atoms with E-state index >= 15 is 22.0 Å². The van der Waals surface area contributed by atoms with Crippen LogP contribution in [-0.2, 0) is 10.8 Å². The predicted molar refractivity (Wildman–Crippen MR) is 402 cm³/mol. The minimum atomic E-state index is -1.65. The van der Waals surface area contributed by atoms with Crippen molar-refractivity contribution in [3.63, 3.8) is 0 Å². The molecule has 10 aliphatic carbocycles. The number of nitrogens with zero attached hydrogens (tertiary/aromatic N) is 2. The molecule has 10 heteroatoms. The van der Waals surface area contributed by atoms with Crippen LogP contribution in [0.25, 0.3) is 17.7 Å². The Morgan fingerprint density at radius 2 is 1.35 bits per heavy atom. The van der Waals surface area contributed by atoms with Crippen LogP contribution in [0.3, 0.4) is 0 Å². The van der Waals surface area contributed by atoms with E-state index in [2.05, 4.69) is 157 Å². The molecule has 0 radical (unpaired) electrons. The summed E-state index contributed by atoms with van der Waals surface area (Å²) in [7, 11) is 0. The number of hydrogen-bond donors (Lipinski definition) is 0. The fraction of sp³-hybridized carbons (Fsp3) is 0.341. The van der Waals surface area contributed by atoms with Gasteiger partial charge in [0.1, 0.15) is 47.3 Å². The van der Waals surface area contributed by atoms with Crippen LogP contribution < -0.4 is 14.4 Å². The Bertz CT molecular complexity index is 4580. The molecule has 11 aliphatic rings. The lowest BCUT2D eigenvalue weighted by molar-refractivity contribution is 0.114. The number of thioether (sulfide) groups is 1. The fourth-order valence-electron chi connectivity index (χ4n) is 20.4. The maximum Gasteiger partial charge on any atom is 0.137 e. The maximum atomic E-state index is 16.3. The van der Waals surface area contributed by atoms with Gasteiger partial charge in [-0.2, -0.15) is 0 Å². The minimum Gasteiger partial charge on any atom is -0.462 e. The molecule has 6 aromatic carbocycles. The zero-order valence-corrected chi connectivity index (χ0v) is 58.3. The van der Waals surface area contributed by atoms with Gasteiger partial charge in [0, 0.05) is 76.3 Å². The number of halogens is 5. The average molecular weight is 1370 g/mol. The van der Waals surface area contributed by atoms with E-state index in [-0.39, 0.29) is 82.9 Å². The van der Waals surface area contributed by atoms with Crippen molar-refractivity contribution in [2.75, 3.05) is 4.90 Å². The molecule has 0 aromatic heterocycles. The molecular formula is C91H87F5N2O2S. The van der Waals surface area contributed by atoms with E-state index in [1.165, 1.54) is 49.5 Å². The quantitative estimate of drug-likeness (QED) is 0.0710. The van der Waals surface area contributed by atoms with Crippen molar-refractivity contribution in [3.8, 4) is 17.2 Å². The number of aryl methyl sites for hydroxylation is 1. The molecule has 12 unspecified atom stereocenters. The van der Waals surface area contributed by atoms with Crippen LogP contribution >= 0.6 is 11.8 Å². The summed E-state index contributed by atoms with van der Waals surface area (Å²) in [6.07, 6.45) is 34.7. The summed E-state index contributed by atoms with van der Waals surface area (Å²) in [6, 6.07) is 47.9. The zero-order chi connectivity index (χ0) is 68.7. The SMILES string of the molecule is C=Cc1ccc(OC2=CC=C(C3(C4CCC(F)CC4)c4ccccc4C4C=CC(N(c5ccc(F)c(C)c5)C5CCC6=C(C5)C5C=C(N(C7=CCC(F)C(F)C7)C7C=CC8=C(C7)C(c7ccc(Oc9ccc(C=C)cc9)cc7)(C7CC=C(F)CC7)c7ccccc78)C=CC5S6)CC43)CC2)cc1. The highest BCUT2D eigenvalue weighted by atomic mass is 32.2. The molecule has 1 aliphatic heterocycles. The summed E-state index contributed by atoms with van der Waals surface area (Å²) in [5.41, 5.74) is 16.0. The minimum absolute atomic E-state index is 0.00582. The summed E-state index contributed by atoms with van der Waals surface area (Å²) in [6.45, 7) is 9.73. The van der Waals surface area contributed by atoms with E-state index in [0.29, 0.717) is 49.8 Å². The normalized spacial score (nSPS) is 30.7. The van der Waals surface area contributed by atoms with Gasteiger partial charge in [-0.05, 0) is 235 Å². The molecule has 1 fully saturated rings. The Labute approximate surface area is 596 Å². The van der Waals surface area contributed by atoms with Crippen LogP contribution in [0.5, 0.6) is 17.2 Å². The number of rotatable bonds is 16. The van der Waals surface area contributed by atoms with E-state index in [4.69, 9.17) is 9.47 Å². The van der Waals surface area contributed by atoms with Crippen molar-refractivity contribution >= 4 is 35.2 Å². The van der Waals surface area contributed by atoms with E-state index in [1.807, 2.05) is 91.5 Å². The second-order valence-corrected chi connectivity index (χ2v) is 31.4. The molecule has 0 bridgehead atoms. The number of allylic oxidation sites excluding steroid dienone is 14. The van der Waals surface area contributed by atoms with Crippen LogP contribution in [0.4, 0.5) is 27.6 Å². The van der Waals surface area contributed by atoms with Crippen molar-refractivity contribution in [1.29, 1.82) is 0 Å². The van der Waals surface area contributed by atoms with Crippen molar-refractivity contribution in [2.45, 2.75) is 168 Å². The topological polar surface area (TPSA) is 24.9 Å². The van der Waals surface area contributed by atoms with Crippen LogP contribution in [-0.4, -0.2) is 46.8 Å². The highest BCUT2D eigenvalue weighted by Gasteiger charge is 2.60. The van der Waals surface area contributed by atoms with Gasteiger partial charge in [-0.15, -0.1) is 11.8 Å². The van der Waals surface area contributed by atoms with Gasteiger partial charge in [0.05, 0.1) is 11.9 Å². The third-order valence-electron chi connectivity index (χ3n) is 24.9. The third-order valence-corrected chi connectivity index (χ3v) is 26.4. The average Bonchev–Trinajstić information content (AvgIpc) is 1.55. The van der Waals surface area contributed by atoms with Gasteiger partial charge >= 0.3 is 0 Å². The number of hydrogen-bond acceptors (Lipinski definition) is 5. The first-order valence-electron chi connectivity index (χ1n) is 37.0. The molecule has 514 valence electrons. The molecule has 1 heterocycles. The highest BCUT2D eigenvalue weighted by Crippen LogP contribution is 2.66. The Hall–Kier alpha value is -8.60. The smallest absolute Gasteiger partial charge is 0.137 e. The first-order valence-corrected chi connectivity index (χ1v) is 37.9. The molecular weight excluding hydrogens is 1280 g/mol. The number of ether oxygens (including phenoxy) is 2. The van der Waals surface area contributed by atoms with Crippen molar-refractivity contribution < 1.29 is 31.4 Å². The van der Waals surface area contributed by atoms with Gasteiger partial charge in [-0.1, -0.05) is 176 Å². The van der Waals surface area contributed by atoms with Crippen molar-refractivity contribution in [2.24, 2.45) is 23.7 Å². The molecule has 12 atom stereocenters. The van der Waals surface area contributed by atoms with Crippen molar-refractivity contribution in [1.82, 2.24) is 4.90 Å². The second kappa shape index (κ2) is 27.0. The first kappa shape index (κ1) is 65.7. The molecule has 0 amide bonds. The second-order valence-electron chi connectivity index (χ2n) is 30.1. The molecule has 6 aromatic rings. The Kier molecular flexibility index (Phi) is 17.5. The van der Waals surface area contributed by atoms with Crippen LogP contribution in [0.1, 0.15) is 153 Å². The van der Waals surface area contributed by atoms with E-state index in [1.54, 1.807) is 12.1 Å². The van der Waals surface area contributed by atoms with Crippen LogP contribution in [0.15, 0.2) is 264 Å². The molecule has 0 N–H and O–H groups in total. The lowest BCUT2D eigenvalue weighted by atomic mass is 9.54.